The van der Waals surface area contributed by atoms with Gasteiger partial charge in [-0.2, -0.15) is 0 Å². The molecule has 0 radical (unpaired) electrons. The van der Waals surface area contributed by atoms with E-state index in [1.54, 1.807) is 18.3 Å². The van der Waals surface area contributed by atoms with Gasteiger partial charge in [0.1, 0.15) is 4.90 Å². The van der Waals surface area contributed by atoms with Gasteiger partial charge in [-0.25, -0.2) is 8.42 Å². The molecule has 1 heterocycles. The first-order valence-electron chi connectivity index (χ1n) is 6.86. The number of nitrogens with two attached hydrogens (primary N) is 1. The Morgan fingerprint density at radius 1 is 1.19 bits per heavy atom. The maximum Gasteiger partial charge on any atom is 0.266 e. The molecule has 0 saturated heterocycles. The van der Waals surface area contributed by atoms with Gasteiger partial charge in [-0.1, -0.05) is 12.1 Å². The SMILES string of the molecule is NCc1ccc(N(C2CC2)S(=O)(=O)c2cccnc2)cc1. The molecule has 5 nitrogen and oxygen atoms in total. The average Bonchev–Trinajstić information content (AvgIpc) is 3.33. The van der Waals surface area contributed by atoms with E-state index in [2.05, 4.69) is 4.98 Å². The van der Waals surface area contributed by atoms with Crippen molar-refractivity contribution in [2.75, 3.05) is 4.31 Å². The van der Waals surface area contributed by atoms with E-state index in [1.165, 1.54) is 10.5 Å². The van der Waals surface area contributed by atoms with Crippen molar-refractivity contribution in [2.24, 2.45) is 5.73 Å². The number of hydrogen-bond donors (Lipinski definition) is 1. The van der Waals surface area contributed by atoms with Crippen molar-refractivity contribution in [1.82, 2.24) is 4.98 Å². The summed E-state index contributed by atoms with van der Waals surface area (Å²) in [6.45, 7) is 0.444. The Balaban J connectivity index is 2.02. The van der Waals surface area contributed by atoms with Gasteiger partial charge in [-0.15, -0.1) is 0 Å². The molecular weight excluding hydrogens is 286 g/mol. The molecule has 6 heteroatoms. The third kappa shape index (κ3) is 2.77. The normalized spacial score (nSPS) is 14.9. The highest BCUT2D eigenvalue weighted by Gasteiger charge is 2.38. The molecule has 2 aromatic rings. The Labute approximate surface area is 124 Å². The Morgan fingerprint density at radius 2 is 1.90 bits per heavy atom. The predicted octanol–water partition coefficient (Wildman–Crippen LogP) is 1.90. The second kappa shape index (κ2) is 5.46. The van der Waals surface area contributed by atoms with Gasteiger partial charge < -0.3 is 5.73 Å². The molecule has 0 aliphatic heterocycles. The fourth-order valence-electron chi connectivity index (χ4n) is 2.25. The molecule has 2 N–H and O–H groups in total. The molecule has 110 valence electrons. The van der Waals surface area contributed by atoms with E-state index in [-0.39, 0.29) is 10.9 Å². The summed E-state index contributed by atoms with van der Waals surface area (Å²) in [7, 11) is -3.57. The standard InChI is InChI=1S/C15H17N3O2S/c16-10-12-3-5-13(6-4-12)18(14-7-8-14)21(19,20)15-2-1-9-17-11-15/h1-6,9,11,14H,7-8,10,16H2. The van der Waals surface area contributed by atoms with Crippen LogP contribution in [0.5, 0.6) is 0 Å². The molecule has 1 fully saturated rings. The molecule has 1 saturated carbocycles. The summed E-state index contributed by atoms with van der Waals surface area (Å²) in [4.78, 5) is 4.13. The minimum absolute atomic E-state index is 0.0407. The van der Waals surface area contributed by atoms with Crippen molar-refractivity contribution in [3.05, 3.63) is 54.4 Å². The topological polar surface area (TPSA) is 76.3 Å². The van der Waals surface area contributed by atoms with Crippen LogP contribution in [0.25, 0.3) is 0 Å². The zero-order valence-corrected chi connectivity index (χ0v) is 12.3. The van der Waals surface area contributed by atoms with Crippen molar-refractivity contribution < 1.29 is 8.42 Å². The highest BCUT2D eigenvalue weighted by Crippen LogP contribution is 2.36. The van der Waals surface area contributed by atoms with Crippen LogP contribution in [-0.2, 0) is 16.6 Å². The number of pyridine rings is 1. The first kappa shape index (κ1) is 14.0. The molecule has 0 amide bonds. The zero-order chi connectivity index (χ0) is 14.9. The summed E-state index contributed by atoms with van der Waals surface area (Å²) in [5, 5.41) is 0. The number of anilines is 1. The first-order chi connectivity index (χ1) is 10.1. The van der Waals surface area contributed by atoms with E-state index in [0.717, 1.165) is 18.4 Å². The number of aromatic nitrogens is 1. The average molecular weight is 303 g/mol. The van der Waals surface area contributed by atoms with E-state index in [4.69, 9.17) is 5.73 Å². The van der Waals surface area contributed by atoms with Crippen LogP contribution in [0.2, 0.25) is 0 Å². The fraction of sp³-hybridized carbons (Fsp3) is 0.267. The number of nitrogens with zero attached hydrogens (tertiary/aromatic N) is 2. The van der Waals surface area contributed by atoms with E-state index in [9.17, 15) is 8.42 Å². The van der Waals surface area contributed by atoms with E-state index in [1.807, 2.05) is 24.3 Å². The van der Waals surface area contributed by atoms with Crippen LogP contribution in [0, 0.1) is 0 Å². The monoisotopic (exact) mass is 303 g/mol. The second-order valence-corrected chi connectivity index (χ2v) is 6.91. The lowest BCUT2D eigenvalue weighted by atomic mass is 10.2. The lowest BCUT2D eigenvalue weighted by Gasteiger charge is -2.24. The van der Waals surface area contributed by atoms with Crippen molar-refractivity contribution in [1.29, 1.82) is 0 Å². The Hall–Kier alpha value is -1.92. The van der Waals surface area contributed by atoms with Gasteiger partial charge in [0.25, 0.3) is 10.0 Å². The van der Waals surface area contributed by atoms with E-state index in [0.29, 0.717) is 12.2 Å². The van der Waals surface area contributed by atoms with Crippen LogP contribution in [-0.4, -0.2) is 19.4 Å². The van der Waals surface area contributed by atoms with Gasteiger partial charge in [0.05, 0.1) is 5.69 Å². The molecule has 0 unspecified atom stereocenters. The Kier molecular flexibility index (Phi) is 3.65. The van der Waals surface area contributed by atoms with Gasteiger partial charge in [-0.05, 0) is 42.7 Å². The van der Waals surface area contributed by atoms with Crippen molar-refractivity contribution in [2.45, 2.75) is 30.3 Å². The van der Waals surface area contributed by atoms with Crippen molar-refractivity contribution >= 4 is 15.7 Å². The molecule has 1 aliphatic rings. The summed E-state index contributed by atoms with van der Waals surface area (Å²) in [5.74, 6) is 0. The number of benzene rings is 1. The largest absolute Gasteiger partial charge is 0.326 e. The number of rotatable bonds is 5. The molecule has 1 aromatic heterocycles. The minimum Gasteiger partial charge on any atom is -0.326 e. The van der Waals surface area contributed by atoms with Crippen LogP contribution in [0.4, 0.5) is 5.69 Å². The van der Waals surface area contributed by atoms with Crippen molar-refractivity contribution in [3.8, 4) is 0 Å². The maximum atomic E-state index is 12.8. The minimum atomic E-state index is -3.57. The summed E-state index contributed by atoms with van der Waals surface area (Å²) < 4.78 is 27.2. The van der Waals surface area contributed by atoms with Crippen LogP contribution in [0.1, 0.15) is 18.4 Å². The zero-order valence-electron chi connectivity index (χ0n) is 11.5. The molecule has 0 spiro atoms. The molecular formula is C15H17N3O2S. The molecule has 1 aliphatic carbocycles. The highest BCUT2D eigenvalue weighted by atomic mass is 32.2. The van der Waals surface area contributed by atoms with Gasteiger partial charge >= 0.3 is 0 Å². The van der Waals surface area contributed by atoms with Crippen LogP contribution in [0.3, 0.4) is 0 Å². The molecule has 3 rings (SSSR count). The second-order valence-electron chi connectivity index (χ2n) is 5.09. The molecule has 1 aromatic carbocycles. The fourth-order valence-corrected chi connectivity index (χ4v) is 3.92. The van der Waals surface area contributed by atoms with Crippen LogP contribution in [0.15, 0.2) is 53.7 Å². The Morgan fingerprint density at radius 3 is 2.43 bits per heavy atom. The third-order valence-corrected chi connectivity index (χ3v) is 5.36. The Bertz CT molecular complexity index is 710. The molecule has 21 heavy (non-hydrogen) atoms. The third-order valence-electron chi connectivity index (χ3n) is 3.50. The first-order valence-corrected chi connectivity index (χ1v) is 8.30. The van der Waals surface area contributed by atoms with Gasteiger partial charge in [-0.3, -0.25) is 9.29 Å². The molecule has 0 atom stereocenters. The lowest BCUT2D eigenvalue weighted by Crippen LogP contribution is -2.33. The summed E-state index contributed by atoms with van der Waals surface area (Å²) in [5.41, 5.74) is 7.24. The molecule has 0 bridgehead atoms. The van der Waals surface area contributed by atoms with Crippen LogP contribution < -0.4 is 10.0 Å². The highest BCUT2D eigenvalue weighted by molar-refractivity contribution is 7.92. The lowest BCUT2D eigenvalue weighted by molar-refractivity contribution is 0.590. The van der Waals surface area contributed by atoms with Crippen molar-refractivity contribution in [3.63, 3.8) is 0 Å². The van der Waals surface area contributed by atoms with Gasteiger partial charge in [0.2, 0.25) is 0 Å². The summed E-state index contributed by atoms with van der Waals surface area (Å²) in [6.07, 6.45) is 4.73. The smallest absolute Gasteiger partial charge is 0.266 e. The van der Waals surface area contributed by atoms with Gasteiger partial charge in [0, 0.05) is 25.0 Å². The summed E-state index contributed by atoms with van der Waals surface area (Å²) >= 11 is 0. The number of hydrogen-bond acceptors (Lipinski definition) is 4. The predicted molar refractivity (Wildman–Crippen MR) is 81.3 cm³/mol. The summed E-state index contributed by atoms with van der Waals surface area (Å²) in [6, 6.07) is 10.6. The van der Waals surface area contributed by atoms with E-state index < -0.39 is 10.0 Å². The maximum absolute atomic E-state index is 12.8. The number of sulfonamides is 1. The quantitative estimate of drug-likeness (QED) is 0.915. The van der Waals surface area contributed by atoms with Crippen LogP contribution >= 0.6 is 0 Å². The van der Waals surface area contributed by atoms with E-state index >= 15 is 0 Å². The van der Waals surface area contributed by atoms with Gasteiger partial charge in [0.15, 0.2) is 0 Å².